The number of benzene rings is 1. The lowest BCUT2D eigenvalue weighted by Crippen LogP contribution is -2.04. The number of hydrogen-bond donors (Lipinski definition) is 3. The van der Waals surface area contributed by atoms with Crippen molar-refractivity contribution in [3.63, 3.8) is 0 Å². The van der Waals surface area contributed by atoms with Crippen LogP contribution >= 0.6 is 0 Å². The number of ether oxygens (including phenoxy) is 2. The van der Waals surface area contributed by atoms with E-state index in [4.69, 9.17) is 20.9 Å². The van der Waals surface area contributed by atoms with E-state index in [-0.39, 0.29) is 24.3 Å². The van der Waals surface area contributed by atoms with Crippen LogP contribution in [0, 0.1) is 0 Å². The fourth-order valence-corrected chi connectivity index (χ4v) is 2.26. The zero-order valence-electron chi connectivity index (χ0n) is 13.5. The second-order valence-corrected chi connectivity index (χ2v) is 5.41. The molecule has 0 fully saturated rings. The van der Waals surface area contributed by atoms with Gasteiger partial charge in [-0.25, -0.2) is 4.98 Å². The summed E-state index contributed by atoms with van der Waals surface area (Å²) in [5, 5.41) is 9.22. The van der Waals surface area contributed by atoms with Gasteiger partial charge in [0.1, 0.15) is 11.5 Å². The fraction of sp³-hybridized carbons (Fsp3) is 0.375. The Morgan fingerprint density at radius 2 is 1.91 bits per heavy atom. The summed E-state index contributed by atoms with van der Waals surface area (Å²) >= 11 is 0. The van der Waals surface area contributed by atoms with Crippen LogP contribution in [-0.2, 0) is 6.42 Å². The van der Waals surface area contributed by atoms with Gasteiger partial charge < -0.3 is 26.0 Å². The van der Waals surface area contributed by atoms with E-state index in [1.54, 1.807) is 7.11 Å². The third kappa shape index (κ3) is 3.81. The molecule has 1 heterocycles. The van der Waals surface area contributed by atoms with Crippen molar-refractivity contribution < 1.29 is 14.6 Å². The van der Waals surface area contributed by atoms with Gasteiger partial charge in [0.05, 0.1) is 13.3 Å². The van der Waals surface area contributed by atoms with Crippen molar-refractivity contribution in [2.75, 3.05) is 25.2 Å². The molecule has 0 spiro atoms. The quantitative estimate of drug-likeness (QED) is 0.746. The van der Waals surface area contributed by atoms with Crippen LogP contribution in [-0.4, -0.2) is 28.8 Å². The molecule has 7 nitrogen and oxygen atoms in total. The van der Waals surface area contributed by atoms with Gasteiger partial charge in [0.2, 0.25) is 5.95 Å². The van der Waals surface area contributed by atoms with Crippen molar-refractivity contribution in [3.8, 4) is 17.2 Å². The first kappa shape index (κ1) is 16.8. The second-order valence-electron chi connectivity index (χ2n) is 5.41. The number of aromatic nitrogens is 2. The number of anilines is 2. The Bertz CT molecular complexity index is 689. The van der Waals surface area contributed by atoms with Crippen LogP contribution in [0.4, 0.5) is 11.8 Å². The molecule has 23 heavy (non-hydrogen) atoms. The van der Waals surface area contributed by atoms with Gasteiger partial charge in [-0.3, -0.25) is 0 Å². The number of methoxy groups -OCH3 is 1. The lowest BCUT2D eigenvalue weighted by Gasteiger charge is -2.18. The van der Waals surface area contributed by atoms with Gasteiger partial charge in [0.25, 0.3) is 0 Å². The Kier molecular flexibility index (Phi) is 5.23. The zero-order chi connectivity index (χ0) is 17.0. The minimum Gasteiger partial charge on any atom is -0.496 e. The summed E-state index contributed by atoms with van der Waals surface area (Å²) in [5.41, 5.74) is 13.1. The van der Waals surface area contributed by atoms with E-state index in [1.165, 1.54) is 6.20 Å². The van der Waals surface area contributed by atoms with Crippen LogP contribution in [0.15, 0.2) is 18.3 Å². The molecule has 0 saturated heterocycles. The van der Waals surface area contributed by atoms with Crippen molar-refractivity contribution >= 4 is 11.8 Å². The summed E-state index contributed by atoms with van der Waals surface area (Å²) in [4.78, 5) is 7.79. The average molecular weight is 318 g/mol. The summed E-state index contributed by atoms with van der Waals surface area (Å²) < 4.78 is 11.3. The summed E-state index contributed by atoms with van der Waals surface area (Å²) in [6.45, 7) is 4.12. The second kappa shape index (κ2) is 7.15. The van der Waals surface area contributed by atoms with Gasteiger partial charge in [-0.1, -0.05) is 13.8 Å². The number of aliphatic hydroxyl groups is 1. The largest absolute Gasteiger partial charge is 0.496 e. The molecule has 0 radical (unpaired) electrons. The van der Waals surface area contributed by atoms with Gasteiger partial charge in [-0.15, -0.1) is 0 Å². The molecule has 2 rings (SSSR count). The third-order valence-electron chi connectivity index (χ3n) is 3.44. The highest BCUT2D eigenvalue weighted by molar-refractivity contribution is 5.53. The Labute approximate surface area is 135 Å². The number of nitrogens with two attached hydrogens (primary N) is 2. The van der Waals surface area contributed by atoms with E-state index in [9.17, 15) is 5.11 Å². The van der Waals surface area contributed by atoms with E-state index in [1.807, 2.05) is 12.1 Å². The summed E-state index contributed by atoms with van der Waals surface area (Å²) in [6, 6.07) is 3.76. The van der Waals surface area contributed by atoms with E-state index in [2.05, 4.69) is 23.8 Å². The smallest absolute Gasteiger partial charge is 0.222 e. The van der Waals surface area contributed by atoms with Crippen molar-refractivity contribution in [2.45, 2.75) is 26.2 Å². The molecule has 0 atom stereocenters. The first-order valence-electron chi connectivity index (χ1n) is 7.33. The van der Waals surface area contributed by atoms with Crippen LogP contribution < -0.4 is 20.9 Å². The topological polar surface area (TPSA) is 117 Å². The summed E-state index contributed by atoms with van der Waals surface area (Å²) in [5.74, 6) is 2.15. The Hall–Kier alpha value is -2.54. The lowest BCUT2D eigenvalue weighted by molar-refractivity contribution is 0.296. The fourth-order valence-electron chi connectivity index (χ4n) is 2.26. The molecular formula is C16H22N4O3. The monoisotopic (exact) mass is 318 g/mol. The van der Waals surface area contributed by atoms with Crippen LogP contribution in [0.25, 0.3) is 0 Å². The molecule has 5 N–H and O–H groups in total. The van der Waals surface area contributed by atoms with E-state index < -0.39 is 0 Å². The first-order chi connectivity index (χ1) is 11.0. The van der Waals surface area contributed by atoms with Crippen molar-refractivity contribution in [1.29, 1.82) is 0 Å². The lowest BCUT2D eigenvalue weighted by atomic mass is 9.98. The maximum atomic E-state index is 9.22. The highest BCUT2D eigenvalue weighted by Crippen LogP contribution is 2.37. The SMILES string of the molecule is COc1cc(C(C)C)c(Oc2cnc(N)nc2N)cc1CCO. The maximum Gasteiger partial charge on any atom is 0.222 e. The summed E-state index contributed by atoms with van der Waals surface area (Å²) in [7, 11) is 1.60. The number of hydrogen-bond acceptors (Lipinski definition) is 7. The first-order valence-corrected chi connectivity index (χ1v) is 7.33. The molecule has 0 unspecified atom stereocenters. The van der Waals surface area contributed by atoms with Gasteiger partial charge in [0.15, 0.2) is 11.6 Å². The number of aliphatic hydroxyl groups excluding tert-OH is 1. The van der Waals surface area contributed by atoms with Gasteiger partial charge in [-0.05, 0) is 24.5 Å². The van der Waals surface area contributed by atoms with E-state index in [0.717, 1.165) is 16.9 Å². The average Bonchev–Trinajstić information content (AvgIpc) is 2.50. The molecule has 1 aromatic carbocycles. The van der Waals surface area contributed by atoms with Gasteiger partial charge in [0, 0.05) is 17.7 Å². The predicted molar refractivity (Wildman–Crippen MR) is 88.8 cm³/mol. The Morgan fingerprint density at radius 1 is 1.17 bits per heavy atom. The van der Waals surface area contributed by atoms with Gasteiger partial charge in [-0.2, -0.15) is 4.98 Å². The van der Waals surface area contributed by atoms with E-state index in [0.29, 0.717) is 17.9 Å². The Balaban J connectivity index is 2.48. The van der Waals surface area contributed by atoms with Crippen LogP contribution in [0.3, 0.4) is 0 Å². The van der Waals surface area contributed by atoms with Gasteiger partial charge >= 0.3 is 0 Å². The molecule has 0 bridgehead atoms. The van der Waals surface area contributed by atoms with Crippen LogP contribution in [0.2, 0.25) is 0 Å². The molecule has 2 aromatic rings. The number of rotatable bonds is 6. The Morgan fingerprint density at radius 3 is 2.48 bits per heavy atom. The highest BCUT2D eigenvalue weighted by Gasteiger charge is 2.16. The normalized spacial score (nSPS) is 10.8. The molecular weight excluding hydrogens is 296 g/mol. The minimum atomic E-state index is 0.0178. The molecule has 1 aromatic heterocycles. The van der Waals surface area contributed by atoms with Crippen LogP contribution in [0.5, 0.6) is 17.2 Å². The molecule has 0 saturated carbocycles. The van der Waals surface area contributed by atoms with Crippen molar-refractivity contribution in [3.05, 3.63) is 29.5 Å². The molecule has 0 aliphatic carbocycles. The number of nitrogens with zero attached hydrogens (tertiary/aromatic N) is 2. The highest BCUT2D eigenvalue weighted by atomic mass is 16.5. The maximum absolute atomic E-state index is 9.22. The predicted octanol–water partition coefficient (Wildman–Crippen LogP) is 2.10. The molecule has 7 heteroatoms. The third-order valence-corrected chi connectivity index (χ3v) is 3.44. The molecule has 124 valence electrons. The zero-order valence-corrected chi connectivity index (χ0v) is 13.5. The molecule has 0 amide bonds. The molecule has 0 aliphatic rings. The van der Waals surface area contributed by atoms with Crippen LogP contribution in [0.1, 0.15) is 30.9 Å². The van der Waals surface area contributed by atoms with Crippen molar-refractivity contribution in [2.24, 2.45) is 0 Å². The van der Waals surface area contributed by atoms with E-state index >= 15 is 0 Å². The summed E-state index contributed by atoms with van der Waals surface area (Å²) in [6.07, 6.45) is 1.91. The number of nitrogen functional groups attached to an aromatic ring is 2. The standard InChI is InChI=1S/C16H22N4O3/c1-9(2)11-7-12(22-3)10(4-5-21)6-13(11)23-14-8-19-16(18)20-15(14)17/h6-9,21H,4-5H2,1-3H3,(H4,17,18,19,20). The van der Waals surface area contributed by atoms with Crippen molar-refractivity contribution in [1.82, 2.24) is 9.97 Å². The molecule has 0 aliphatic heterocycles. The minimum absolute atomic E-state index is 0.0178.